The summed E-state index contributed by atoms with van der Waals surface area (Å²) in [5, 5.41) is 6.67. The number of benzene rings is 1. The van der Waals surface area contributed by atoms with Gasteiger partial charge in [-0.1, -0.05) is 67.0 Å². The van der Waals surface area contributed by atoms with E-state index < -0.39 is 0 Å². The van der Waals surface area contributed by atoms with E-state index in [4.69, 9.17) is 9.51 Å². The van der Waals surface area contributed by atoms with Crippen molar-refractivity contribution in [3.63, 3.8) is 0 Å². The SMILES string of the molecule is CCCCCn1c(SCc2nc(-c3ccccc3)no2)nc2ccsc2c1=O. The van der Waals surface area contributed by atoms with Crippen LogP contribution in [0.3, 0.4) is 0 Å². The van der Waals surface area contributed by atoms with E-state index in [1.165, 1.54) is 23.1 Å². The first kappa shape index (κ1) is 18.9. The molecule has 0 aliphatic rings. The van der Waals surface area contributed by atoms with Crippen LogP contribution >= 0.6 is 23.1 Å². The van der Waals surface area contributed by atoms with Gasteiger partial charge in [0.2, 0.25) is 11.7 Å². The molecule has 0 saturated carbocycles. The first-order valence-corrected chi connectivity index (χ1v) is 11.1. The van der Waals surface area contributed by atoms with Crippen LogP contribution in [0.1, 0.15) is 32.1 Å². The molecule has 28 heavy (non-hydrogen) atoms. The minimum Gasteiger partial charge on any atom is -0.338 e. The first-order chi connectivity index (χ1) is 13.8. The molecular weight excluding hydrogens is 392 g/mol. The number of thiophene rings is 1. The van der Waals surface area contributed by atoms with Crippen molar-refractivity contribution in [3.05, 3.63) is 58.0 Å². The Morgan fingerprint density at radius 2 is 2.00 bits per heavy atom. The summed E-state index contributed by atoms with van der Waals surface area (Å²) in [5.41, 5.74) is 1.70. The highest BCUT2D eigenvalue weighted by atomic mass is 32.2. The zero-order valence-corrected chi connectivity index (χ0v) is 17.1. The third-order valence-electron chi connectivity index (χ3n) is 4.34. The Balaban J connectivity index is 1.56. The molecular formula is C20H20N4O2S2. The molecule has 0 unspecified atom stereocenters. The molecule has 0 bridgehead atoms. The minimum absolute atomic E-state index is 0.0362. The fourth-order valence-corrected chi connectivity index (χ4v) is 4.54. The third kappa shape index (κ3) is 4.02. The molecule has 0 atom stereocenters. The molecule has 144 valence electrons. The van der Waals surface area contributed by atoms with E-state index >= 15 is 0 Å². The fourth-order valence-electron chi connectivity index (χ4n) is 2.89. The number of aromatic nitrogens is 4. The van der Waals surface area contributed by atoms with E-state index in [0.29, 0.717) is 33.9 Å². The van der Waals surface area contributed by atoms with Crippen molar-refractivity contribution < 1.29 is 4.52 Å². The van der Waals surface area contributed by atoms with Gasteiger partial charge in [0.25, 0.3) is 5.56 Å². The second-order valence-electron chi connectivity index (χ2n) is 6.36. The van der Waals surface area contributed by atoms with Gasteiger partial charge in [0.1, 0.15) is 4.70 Å². The summed E-state index contributed by atoms with van der Waals surface area (Å²) in [6.07, 6.45) is 3.15. The van der Waals surface area contributed by atoms with Crippen LogP contribution in [0.4, 0.5) is 0 Å². The molecule has 4 aromatic rings. The van der Waals surface area contributed by atoms with Gasteiger partial charge in [-0.25, -0.2) is 4.98 Å². The van der Waals surface area contributed by atoms with E-state index in [-0.39, 0.29) is 5.56 Å². The Labute approximate surface area is 170 Å². The van der Waals surface area contributed by atoms with E-state index in [9.17, 15) is 4.79 Å². The fraction of sp³-hybridized carbons (Fsp3) is 0.300. The molecule has 0 N–H and O–H groups in total. The second-order valence-corrected chi connectivity index (χ2v) is 8.22. The van der Waals surface area contributed by atoms with Crippen molar-refractivity contribution in [1.29, 1.82) is 0 Å². The van der Waals surface area contributed by atoms with Crippen LogP contribution in [-0.2, 0) is 12.3 Å². The largest absolute Gasteiger partial charge is 0.338 e. The Hall–Kier alpha value is -2.45. The van der Waals surface area contributed by atoms with Gasteiger partial charge in [0, 0.05) is 12.1 Å². The van der Waals surface area contributed by atoms with Gasteiger partial charge in [-0.3, -0.25) is 9.36 Å². The van der Waals surface area contributed by atoms with Crippen molar-refractivity contribution >= 4 is 33.3 Å². The highest BCUT2D eigenvalue weighted by molar-refractivity contribution is 7.98. The van der Waals surface area contributed by atoms with Crippen LogP contribution in [0.25, 0.3) is 21.6 Å². The van der Waals surface area contributed by atoms with Crippen LogP contribution in [0, 0.1) is 0 Å². The molecule has 1 aromatic carbocycles. The number of nitrogens with zero attached hydrogens (tertiary/aromatic N) is 4. The quantitative estimate of drug-likeness (QED) is 0.231. The summed E-state index contributed by atoms with van der Waals surface area (Å²) in [6.45, 7) is 2.83. The molecule has 6 nitrogen and oxygen atoms in total. The molecule has 0 fully saturated rings. The summed E-state index contributed by atoms with van der Waals surface area (Å²) in [7, 11) is 0. The lowest BCUT2D eigenvalue weighted by Crippen LogP contribution is -2.22. The van der Waals surface area contributed by atoms with Gasteiger partial charge in [-0.05, 0) is 17.9 Å². The van der Waals surface area contributed by atoms with E-state index in [1.54, 1.807) is 4.57 Å². The average Bonchev–Trinajstić information content (AvgIpc) is 3.38. The molecule has 0 spiro atoms. The van der Waals surface area contributed by atoms with Gasteiger partial charge in [-0.2, -0.15) is 4.98 Å². The maximum absolute atomic E-state index is 12.9. The van der Waals surface area contributed by atoms with Gasteiger partial charge < -0.3 is 4.52 Å². The zero-order chi connectivity index (χ0) is 19.3. The summed E-state index contributed by atoms with van der Waals surface area (Å²) < 4.78 is 7.89. The van der Waals surface area contributed by atoms with Crippen LogP contribution in [0.5, 0.6) is 0 Å². The number of thioether (sulfide) groups is 1. The molecule has 3 aromatic heterocycles. The van der Waals surface area contributed by atoms with Crippen LogP contribution in [0.15, 0.2) is 56.3 Å². The number of fused-ring (bicyclic) bond motifs is 1. The van der Waals surface area contributed by atoms with Gasteiger partial charge >= 0.3 is 0 Å². The van der Waals surface area contributed by atoms with E-state index in [1.807, 2.05) is 41.8 Å². The summed E-state index contributed by atoms with van der Waals surface area (Å²) >= 11 is 2.90. The van der Waals surface area contributed by atoms with Crippen molar-refractivity contribution in [1.82, 2.24) is 19.7 Å². The Bertz CT molecular complexity index is 1120. The third-order valence-corrected chi connectivity index (χ3v) is 6.19. The van der Waals surface area contributed by atoms with Crippen LogP contribution in [0.2, 0.25) is 0 Å². The molecule has 0 radical (unpaired) electrons. The topological polar surface area (TPSA) is 73.8 Å². The summed E-state index contributed by atoms with van der Waals surface area (Å²) in [5.74, 6) is 1.55. The normalized spacial score (nSPS) is 11.3. The molecule has 0 aliphatic carbocycles. The Kier molecular flexibility index (Phi) is 5.87. The van der Waals surface area contributed by atoms with E-state index in [0.717, 1.165) is 30.3 Å². The van der Waals surface area contributed by atoms with Crippen LogP contribution in [-0.4, -0.2) is 19.7 Å². The molecule has 0 amide bonds. The van der Waals surface area contributed by atoms with E-state index in [2.05, 4.69) is 17.1 Å². The predicted molar refractivity (Wildman–Crippen MR) is 113 cm³/mol. The van der Waals surface area contributed by atoms with Gasteiger partial charge in [0.05, 0.1) is 11.3 Å². The molecule has 8 heteroatoms. The van der Waals surface area contributed by atoms with Gasteiger partial charge in [-0.15, -0.1) is 11.3 Å². The minimum atomic E-state index is 0.0362. The number of unbranched alkanes of at least 4 members (excludes halogenated alkanes) is 2. The second kappa shape index (κ2) is 8.70. The first-order valence-electron chi connectivity index (χ1n) is 9.25. The lowest BCUT2D eigenvalue weighted by molar-refractivity contribution is 0.391. The smallest absolute Gasteiger partial charge is 0.272 e. The number of rotatable bonds is 8. The van der Waals surface area contributed by atoms with Crippen molar-refractivity contribution in [2.75, 3.05) is 0 Å². The standard InChI is InChI=1S/C20H20N4O2S2/c1-2-3-7-11-24-19(25)17-15(10-12-27-17)21-20(24)28-13-16-22-18(23-26-16)14-8-5-4-6-9-14/h4-6,8-10,12H,2-3,7,11,13H2,1H3. The lowest BCUT2D eigenvalue weighted by Gasteiger charge is -2.10. The van der Waals surface area contributed by atoms with Crippen molar-refractivity contribution in [2.24, 2.45) is 0 Å². The Morgan fingerprint density at radius 3 is 2.82 bits per heavy atom. The highest BCUT2D eigenvalue weighted by Gasteiger charge is 2.15. The van der Waals surface area contributed by atoms with Crippen LogP contribution < -0.4 is 5.56 Å². The number of hydrogen-bond donors (Lipinski definition) is 0. The molecule has 4 rings (SSSR count). The summed E-state index contributed by atoms with van der Waals surface area (Å²) in [4.78, 5) is 22.0. The highest BCUT2D eigenvalue weighted by Crippen LogP contribution is 2.25. The molecule has 3 heterocycles. The zero-order valence-electron chi connectivity index (χ0n) is 15.5. The lowest BCUT2D eigenvalue weighted by atomic mass is 10.2. The maximum Gasteiger partial charge on any atom is 0.272 e. The Morgan fingerprint density at radius 1 is 1.14 bits per heavy atom. The van der Waals surface area contributed by atoms with Crippen molar-refractivity contribution in [3.8, 4) is 11.4 Å². The average molecular weight is 413 g/mol. The predicted octanol–water partition coefficient (Wildman–Crippen LogP) is 4.99. The summed E-state index contributed by atoms with van der Waals surface area (Å²) in [6, 6.07) is 11.6. The van der Waals surface area contributed by atoms with Gasteiger partial charge in [0.15, 0.2) is 5.16 Å². The monoisotopic (exact) mass is 412 g/mol. The number of hydrogen-bond acceptors (Lipinski definition) is 7. The maximum atomic E-state index is 12.9. The molecule has 0 saturated heterocycles. The van der Waals surface area contributed by atoms with Crippen molar-refractivity contribution in [2.45, 2.75) is 43.6 Å². The molecule has 0 aliphatic heterocycles.